The Morgan fingerprint density at radius 2 is 1.41 bits per heavy atom. The second kappa shape index (κ2) is 8.96. The minimum Gasteiger partial charge on any atom is -0.508 e. The highest BCUT2D eigenvalue weighted by Crippen LogP contribution is 2.26. The Morgan fingerprint density at radius 3 is 2.03 bits per heavy atom. The van der Waals surface area contributed by atoms with Crippen LogP contribution >= 0.6 is 0 Å². The van der Waals surface area contributed by atoms with Gasteiger partial charge in [0, 0.05) is 30.1 Å². The SMILES string of the molecule is O=C(c1ccc(S(=O)(=O)c2ccccc2)cc1)C1CCN(C(=O)c2cccc(O)c2)CC1. The molecule has 0 aromatic heterocycles. The predicted molar refractivity (Wildman–Crippen MR) is 119 cm³/mol. The van der Waals surface area contributed by atoms with Gasteiger partial charge >= 0.3 is 0 Å². The van der Waals surface area contributed by atoms with Crippen LogP contribution in [0, 0.1) is 5.92 Å². The maximum Gasteiger partial charge on any atom is 0.253 e. The molecular formula is C25H23NO5S. The molecule has 0 spiro atoms. The van der Waals surface area contributed by atoms with E-state index < -0.39 is 9.84 Å². The number of Topliss-reactive ketones (excluding diaryl/α,β-unsaturated/α-hetero) is 1. The summed E-state index contributed by atoms with van der Waals surface area (Å²) < 4.78 is 25.4. The van der Waals surface area contributed by atoms with Crippen LogP contribution in [0.4, 0.5) is 0 Å². The smallest absolute Gasteiger partial charge is 0.253 e. The third kappa shape index (κ3) is 4.43. The highest BCUT2D eigenvalue weighted by Gasteiger charge is 2.29. The van der Waals surface area contributed by atoms with Crippen LogP contribution in [0.2, 0.25) is 0 Å². The lowest BCUT2D eigenvalue weighted by Crippen LogP contribution is -2.40. The molecule has 1 fully saturated rings. The minimum absolute atomic E-state index is 0.0404. The number of amides is 1. The van der Waals surface area contributed by atoms with Crippen molar-refractivity contribution in [3.05, 3.63) is 90.0 Å². The topological polar surface area (TPSA) is 91.8 Å². The number of hydrogen-bond acceptors (Lipinski definition) is 5. The van der Waals surface area contributed by atoms with Crippen molar-refractivity contribution in [3.63, 3.8) is 0 Å². The summed E-state index contributed by atoms with van der Waals surface area (Å²) >= 11 is 0. The van der Waals surface area contributed by atoms with Gasteiger partial charge in [-0.25, -0.2) is 8.42 Å². The summed E-state index contributed by atoms with van der Waals surface area (Å²) in [5.41, 5.74) is 0.889. The molecule has 1 aliphatic rings. The van der Waals surface area contributed by atoms with Crippen molar-refractivity contribution in [3.8, 4) is 5.75 Å². The van der Waals surface area contributed by atoms with Crippen LogP contribution in [0.3, 0.4) is 0 Å². The lowest BCUT2D eigenvalue weighted by Gasteiger charge is -2.31. The number of aromatic hydroxyl groups is 1. The van der Waals surface area contributed by atoms with E-state index in [1.807, 2.05) is 0 Å². The monoisotopic (exact) mass is 449 g/mol. The third-order valence-corrected chi connectivity index (χ3v) is 7.53. The van der Waals surface area contributed by atoms with Gasteiger partial charge < -0.3 is 10.0 Å². The van der Waals surface area contributed by atoms with E-state index in [0.29, 0.717) is 37.1 Å². The molecule has 1 aliphatic heterocycles. The van der Waals surface area contributed by atoms with E-state index >= 15 is 0 Å². The second-order valence-electron chi connectivity index (χ2n) is 7.82. The number of phenolic OH excluding ortho intramolecular Hbond substituents is 1. The fourth-order valence-electron chi connectivity index (χ4n) is 3.94. The van der Waals surface area contributed by atoms with Crippen LogP contribution in [0.5, 0.6) is 5.75 Å². The highest BCUT2D eigenvalue weighted by atomic mass is 32.2. The Kier molecular flexibility index (Phi) is 6.10. The number of rotatable bonds is 5. The second-order valence-corrected chi connectivity index (χ2v) is 9.77. The predicted octanol–water partition coefficient (Wildman–Crippen LogP) is 3.96. The van der Waals surface area contributed by atoms with E-state index in [4.69, 9.17) is 0 Å². The molecule has 1 heterocycles. The molecule has 0 saturated carbocycles. The molecule has 1 saturated heterocycles. The first-order valence-electron chi connectivity index (χ1n) is 10.4. The van der Waals surface area contributed by atoms with Crippen molar-refractivity contribution in [2.75, 3.05) is 13.1 Å². The number of phenols is 1. The van der Waals surface area contributed by atoms with Crippen LogP contribution in [0.1, 0.15) is 33.6 Å². The molecule has 164 valence electrons. The van der Waals surface area contributed by atoms with Crippen molar-refractivity contribution >= 4 is 21.5 Å². The average Bonchev–Trinajstić information content (AvgIpc) is 2.84. The molecule has 0 bridgehead atoms. The Labute approximate surface area is 187 Å². The molecule has 1 amide bonds. The summed E-state index contributed by atoms with van der Waals surface area (Å²) in [5, 5.41) is 9.58. The van der Waals surface area contributed by atoms with Crippen LogP contribution in [0.15, 0.2) is 88.7 Å². The molecule has 0 atom stereocenters. The van der Waals surface area contributed by atoms with Crippen LogP contribution in [-0.4, -0.2) is 43.2 Å². The number of carbonyl (C=O) groups is 2. The summed E-state index contributed by atoms with van der Waals surface area (Å²) in [5.74, 6) is -0.390. The number of carbonyl (C=O) groups excluding carboxylic acids is 2. The number of likely N-dealkylation sites (tertiary alicyclic amines) is 1. The lowest BCUT2D eigenvalue weighted by molar-refractivity contribution is 0.0650. The molecule has 7 heteroatoms. The van der Waals surface area contributed by atoms with Crippen molar-refractivity contribution in [1.29, 1.82) is 0 Å². The highest BCUT2D eigenvalue weighted by molar-refractivity contribution is 7.91. The number of ketones is 1. The molecule has 0 unspecified atom stereocenters. The Balaban J connectivity index is 1.41. The first-order valence-corrected chi connectivity index (χ1v) is 11.9. The Bertz CT molecular complexity index is 1230. The molecule has 6 nitrogen and oxygen atoms in total. The van der Waals surface area contributed by atoms with Gasteiger partial charge in [-0.2, -0.15) is 0 Å². The van der Waals surface area contributed by atoms with Gasteiger partial charge in [-0.1, -0.05) is 36.4 Å². The summed E-state index contributed by atoms with van der Waals surface area (Å²) in [6.07, 6.45) is 1.07. The fourth-order valence-corrected chi connectivity index (χ4v) is 5.22. The maximum atomic E-state index is 12.9. The molecule has 4 rings (SSSR count). The normalized spacial score (nSPS) is 14.8. The van der Waals surface area contributed by atoms with Gasteiger partial charge in [0.05, 0.1) is 9.79 Å². The van der Waals surface area contributed by atoms with Crippen molar-refractivity contribution < 1.29 is 23.1 Å². The zero-order valence-corrected chi connectivity index (χ0v) is 18.2. The van der Waals surface area contributed by atoms with Crippen LogP contribution < -0.4 is 0 Å². The zero-order chi connectivity index (χ0) is 22.7. The molecule has 0 aliphatic carbocycles. The van der Waals surface area contributed by atoms with Gasteiger partial charge in [0.25, 0.3) is 5.91 Å². The van der Waals surface area contributed by atoms with Gasteiger partial charge in [0.1, 0.15) is 5.75 Å². The molecular weight excluding hydrogens is 426 g/mol. The van der Waals surface area contributed by atoms with Crippen LogP contribution in [-0.2, 0) is 9.84 Å². The maximum absolute atomic E-state index is 12.9. The van der Waals surface area contributed by atoms with Gasteiger partial charge in [-0.05, 0) is 55.3 Å². The third-order valence-electron chi connectivity index (χ3n) is 5.75. The fraction of sp³-hybridized carbons (Fsp3) is 0.200. The quantitative estimate of drug-likeness (QED) is 0.596. The van der Waals surface area contributed by atoms with Crippen molar-refractivity contribution in [2.24, 2.45) is 5.92 Å². The van der Waals surface area contributed by atoms with Gasteiger partial charge in [0.2, 0.25) is 9.84 Å². The lowest BCUT2D eigenvalue weighted by atomic mass is 9.88. The first kappa shape index (κ1) is 21.8. The molecule has 0 radical (unpaired) electrons. The number of nitrogens with zero attached hydrogens (tertiary/aromatic N) is 1. The zero-order valence-electron chi connectivity index (χ0n) is 17.3. The van der Waals surface area contributed by atoms with Gasteiger partial charge in [-0.3, -0.25) is 9.59 Å². The molecule has 32 heavy (non-hydrogen) atoms. The van der Waals surface area contributed by atoms with E-state index in [1.165, 1.54) is 24.3 Å². The van der Waals surface area contributed by atoms with E-state index in [2.05, 4.69) is 0 Å². The summed E-state index contributed by atoms with van der Waals surface area (Å²) in [6.45, 7) is 0.900. The Morgan fingerprint density at radius 1 is 0.781 bits per heavy atom. The minimum atomic E-state index is -3.63. The molecule has 3 aromatic rings. The van der Waals surface area contributed by atoms with E-state index in [-0.39, 0.29) is 33.1 Å². The van der Waals surface area contributed by atoms with Gasteiger partial charge in [0.15, 0.2) is 5.78 Å². The average molecular weight is 450 g/mol. The standard InChI is InChI=1S/C25H23NO5S/c27-21-6-4-5-20(17-21)25(29)26-15-13-19(14-16-26)24(28)18-9-11-23(12-10-18)32(30,31)22-7-2-1-3-8-22/h1-12,17,19,27H,13-16H2. The first-order chi connectivity index (χ1) is 15.4. The number of benzene rings is 3. The summed E-state index contributed by atoms with van der Waals surface area (Å²) in [6, 6.07) is 20.5. The van der Waals surface area contributed by atoms with E-state index in [0.717, 1.165) is 0 Å². The number of hydrogen-bond donors (Lipinski definition) is 1. The van der Waals surface area contributed by atoms with E-state index in [9.17, 15) is 23.1 Å². The van der Waals surface area contributed by atoms with Gasteiger partial charge in [-0.15, -0.1) is 0 Å². The van der Waals surface area contributed by atoms with Crippen molar-refractivity contribution in [2.45, 2.75) is 22.6 Å². The van der Waals surface area contributed by atoms with Crippen LogP contribution in [0.25, 0.3) is 0 Å². The molecule has 3 aromatic carbocycles. The van der Waals surface area contributed by atoms with E-state index in [1.54, 1.807) is 59.5 Å². The molecule has 1 N–H and O–H groups in total. The summed E-state index contributed by atoms with van der Waals surface area (Å²) in [7, 11) is -3.63. The number of piperidine rings is 1. The Hall–Kier alpha value is -3.45. The summed E-state index contributed by atoms with van der Waals surface area (Å²) in [4.78, 5) is 27.6. The van der Waals surface area contributed by atoms with Crippen molar-refractivity contribution in [1.82, 2.24) is 4.90 Å². The number of sulfone groups is 1. The largest absolute Gasteiger partial charge is 0.508 e.